The Bertz CT molecular complexity index is 763. The molecule has 0 fully saturated rings. The molecule has 3 rings (SSSR count). The van der Waals surface area contributed by atoms with E-state index in [0.29, 0.717) is 0 Å². The Labute approximate surface area is 130 Å². The van der Waals surface area contributed by atoms with Crippen LogP contribution in [-0.2, 0) is 6.42 Å². The van der Waals surface area contributed by atoms with Gasteiger partial charge in [0.1, 0.15) is 5.82 Å². The molecule has 4 nitrogen and oxygen atoms in total. The van der Waals surface area contributed by atoms with Crippen molar-refractivity contribution in [1.82, 2.24) is 19.9 Å². The molecule has 4 heteroatoms. The molecule has 0 aliphatic rings. The van der Waals surface area contributed by atoms with Crippen molar-refractivity contribution in [1.29, 1.82) is 0 Å². The molecule has 112 valence electrons. The van der Waals surface area contributed by atoms with Gasteiger partial charge in [0.2, 0.25) is 0 Å². The zero-order valence-electron chi connectivity index (χ0n) is 13.2. The van der Waals surface area contributed by atoms with Crippen LogP contribution in [0.5, 0.6) is 0 Å². The molecule has 22 heavy (non-hydrogen) atoms. The van der Waals surface area contributed by atoms with Crippen LogP contribution in [0.3, 0.4) is 0 Å². The highest BCUT2D eigenvalue weighted by Gasteiger charge is 2.19. The fourth-order valence-corrected chi connectivity index (χ4v) is 2.82. The first-order chi connectivity index (χ1) is 10.6. The highest BCUT2D eigenvalue weighted by molar-refractivity contribution is 5.40. The third-order valence-corrected chi connectivity index (χ3v) is 4.16. The van der Waals surface area contributed by atoms with E-state index in [-0.39, 0.29) is 5.92 Å². The van der Waals surface area contributed by atoms with Crippen molar-refractivity contribution in [3.8, 4) is 0 Å². The molecular weight excluding hydrogens is 272 g/mol. The van der Waals surface area contributed by atoms with Crippen molar-refractivity contribution < 1.29 is 0 Å². The second-order valence-electron chi connectivity index (χ2n) is 5.65. The van der Waals surface area contributed by atoms with Gasteiger partial charge in [0.25, 0.3) is 0 Å². The van der Waals surface area contributed by atoms with Gasteiger partial charge < -0.3 is 4.98 Å². The lowest BCUT2D eigenvalue weighted by atomic mass is 9.87. The monoisotopic (exact) mass is 292 g/mol. The molecule has 2 heterocycles. The fraction of sp³-hybridized carbons (Fsp3) is 0.278. The Morgan fingerprint density at radius 2 is 2.00 bits per heavy atom. The zero-order chi connectivity index (χ0) is 15.5. The number of aryl methyl sites for hydroxylation is 2. The summed E-state index contributed by atoms with van der Waals surface area (Å²) in [6.07, 6.45) is 6.29. The van der Waals surface area contributed by atoms with Gasteiger partial charge in [-0.3, -0.25) is 0 Å². The average Bonchev–Trinajstić information content (AvgIpc) is 3.02. The van der Waals surface area contributed by atoms with E-state index in [9.17, 15) is 0 Å². The summed E-state index contributed by atoms with van der Waals surface area (Å²) in [5.74, 6) is 1.03. The largest absolute Gasteiger partial charge is 0.348 e. The van der Waals surface area contributed by atoms with Crippen LogP contribution in [0.2, 0.25) is 0 Å². The van der Waals surface area contributed by atoms with Crippen molar-refractivity contribution in [3.63, 3.8) is 0 Å². The SMILES string of the molecule is Cc1nccc(C[C@@H](c2cnc[nH]2)c2cccc(C)c2C)n1. The average molecular weight is 292 g/mol. The summed E-state index contributed by atoms with van der Waals surface area (Å²) < 4.78 is 0. The molecule has 1 atom stereocenters. The van der Waals surface area contributed by atoms with Crippen LogP contribution in [0.15, 0.2) is 43.0 Å². The minimum atomic E-state index is 0.219. The van der Waals surface area contributed by atoms with Gasteiger partial charge in [-0.05, 0) is 43.5 Å². The molecule has 0 amide bonds. The van der Waals surface area contributed by atoms with Crippen LogP contribution >= 0.6 is 0 Å². The molecule has 3 aromatic rings. The van der Waals surface area contributed by atoms with Gasteiger partial charge in [0.05, 0.1) is 6.33 Å². The topological polar surface area (TPSA) is 54.5 Å². The number of hydrogen-bond acceptors (Lipinski definition) is 3. The fourth-order valence-electron chi connectivity index (χ4n) is 2.82. The van der Waals surface area contributed by atoms with E-state index in [1.54, 1.807) is 6.33 Å². The molecule has 0 spiro atoms. The van der Waals surface area contributed by atoms with Gasteiger partial charge in [0, 0.05) is 36.1 Å². The van der Waals surface area contributed by atoms with E-state index in [1.165, 1.54) is 16.7 Å². The predicted octanol–water partition coefficient (Wildman–Crippen LogP) is 3.50. The first-order valence-electron chi connectivity index (χ1n) is 7.48. The van der Waals surface area contributed by atoms with E-state index in [0.717, 1.165) is 23.6 Å². The number of aromatic amines is 1. The summed E-state index contributed by atoms with van der Waals surface area (Å²) in [6.45, 7) is 6.25. The minimum Gasteiger partial charge on any atom is -0.348 e. The molecule has 0 saturated carbocycles. The lowest BCUT2D eigenvalue weighted by molar-refractivity contribution is 0.746. The van der Waals surface area contributed by atoms with Crippen molar-refractivity contribution >= 4 is 0 Å². The highest BCUT2D eigenvalue weighted by atomic mass is 14.9. The summed E-state index contributed by atoms with van der Waals surface area (Å²) in [4.78, 5) is 16.2. The first-order valence-corrected chi connectivity index (χ1v) is 7.48. The lowest BCUT2D eigenvalue weighted by Crippen LogP contribution is -2.10. The molecular formula is C18H20N4. The number of nitrogens with one attached hydrogen (secondary N) is 1. The number of aromatic nitrogens is 4. The van der Waals surface area contributed by atoms with Gasteiger partial charge in [-0.2, -0.15) is 0 Å². The number of hydrogen-bond donors (Lipinski definition) is 1. The maximum Gasteiger partial charge on any atom is 0.125 e. The second-order valence-corrected chi connectivity index (χ2v) is 5.65. The van der Waals surface area contributed by atoms with Crippen LogP contribution in [0.1, 0.15) is 39.8 Å². The van der Waals surface area contributed by atoms with E-state index in [4.69, 9.17) is 0 Å². The van der Waals surface area contributed by atoms with E-state index in [1.807, 2.05) is 25.4 Å². The minimum absolute atomic E-state index is 0.219. The molecule has 0 radical (unpaired) electrons. The van der Waals surface area contributed by atoms with Gasteiger partial charge in [-0.25, -0.2) is 15.0 Å². The van der Waals surface area contributed by atoms with Gasteiger partial charge in [-0.1, -0.05) is 18.2 Å². The Morgan fingerprint density at radius 3 is 2.73 bits per heavy atom. The van der Waals surface area contributed by atoms with E-state index in [2.05, 4.69) is 52.0 Å². The maximum atomic E-state index is 4.56. The van der Waals surface area contributed by atoms with Crippen LogP contribution in [0, 0.1) is 20.8 Å². The van der Waals surface area contributed by atoms with Gasteiger partial charge in [0.15, 0.2) is 0 Å². The summed E-state index contributed by atoms with van der Waals surface area (Å²) in [5.41, 5.74) is 6.12. The normalized spacial score (nSPS) is 12.3. The van der Waals surface area contributed by atoms with Crippen molar-refractivity contribution in [2.75, 3.05) is 0 Å². The van der Waals surface area contributed by atoms with Crippen molar-refractivity contribution in [2.24, 2.45) is 0 Å². The molecule has 0 aliphatic heterocycles. The van der Waals surface area contributed by atoms with Crippen LogP contribution in [0.4, 0.5) is 0 Å². The van der Waals surface area contributed by atoms with E-state index >= 15 is 0 Å². The van der Waals surface area contributed by atoms with Crippen molar-refractivity contribution in [3.05, 3.63) is 76.9 Å². The predicted molar refractivity (Wildman–Crippen MR) is 86.8 cm³/mol. The molecule has 1 N–H and O–H groups in total. The summed E-state index contributed by atoms with van der Waals surface area (Å²) >= 11 is 0. The molecule has 0 bridgehead atoms. The third-order valence-electron chi connectivity index (χ3n) is 4.16. The number of benzene rings is 1. The number of rotatable bonds is 4. The number of imidazole rings is 1. The third kappa shape index (κ3) is 2.91. The van der Waals surface area contributed by atoms with Crippen LogP contribution in [-0.4, -0.2) is 19.9 Å². The Hall–Kier alpha value is -2.49. The Kier molecular flexibility index (Phi) is 4.00. The zero-order valence-corrected chi connectivity index (χ0v) is 13.2. The molecule has 1 aromatic carbocycles. The maximum absolute atomic E-state index is 4.56. The summed E-state index contributed by atoms with van der Waals surface area (Å²) in [7, 11) is 0. The number of nitrogens with zero attached hydrogens (tertiary/aromatic N) is 3. The Balaban J connectivity index is 2.03. The smallest absolute Gasteiger partial charge is 0.125 e. The van der Waals surface area contributed by atoms with E-state index < -0.39 is 0 Å². The molecule has 0 aliphatic carbocycles. The first kappa shape index (κ1) is 14.4. The Morgan fingerprint density at radius 1 is 1.14 bits per heavy atom. The quantitative estimate of drug-likeness (QED) is 0.800. The molecule has 2 aromatic heterocycles. The summed E-state index contributed by atoms with van der Waals surface area (Å²) in [5, 5.41) is 0. The standard InChI is InChI=1S/C18H20N4/c1-12-5-4-6-16(13(12)2)17(18-10-19-11-21-18)9-15-7-8-20-14(3)22-15/h4-8,10-11,17H,9H2,1-3H3,(H,19,21)/t17-/m1/s1. The summed E-state index contributed by atoms with van der Waals surface area (Å²) in [6, 6.07) is 8.45. The highest BCUT2D eigenvalue weighted by Crippen LogP contribution is 2.30. The van der Waals surface area contributed by atoms with Crippen molar-refractivity contribution in [2.45, 2.75) is 33.1 Å². The molecule has 0 saturated heterocycles. The number of H-pyrrole nitrogens is 1. The second kappa shape index (κ2) is 6.10. The van der Waals surface area contributed by atoms with Gasteiger partial charge >= 0.3 is 0 Å². The van der Waals surface area contributed by atoms with Gasteiger partial charge in [-0.15, -0.1) is 0 Å². The molecule has 0 unspecified atom stereocenters. The lowest BCUT2D eigenvalue weighted by Gasteiger charge is -2.19. The van der Waals surface area contributed by atoms with Crippen LogP contribution < -0.4 is 0 Å². The van der Waals surface area contributed by atoms with Crippen LogP contribution in [0.25, 0.3) is 0 Å².